The van der Waals surface area contributed by atoms with Crippen LogP contribution in [0.5, 0.6) is 0 Å². The number of aromatic nitrogens is 1. The Morgan fingerprint density at radius 1 is 1.00 bits per heavy atom. The van der Waals surface area contributed by atoms with Gasteiger partial charge in [-0.05, 0) is 75.9 Å². The Morgan fingerprint density at radius 2 is 1.70 bits per heavy atom. The quantitative estimate of drug-likeness (QED) is 0.336. The van der Waals surface area contributed by atoms with Gasteiger partial charge in [0.1, 0.15) is 17.5 Å². The van der Waals surface area contributed by atoms with Crippen LogP contribution in [-0.4, -0.2) is 80.2 Å². The number of rotatable bonds is 9. The highest BCUT2D eigenvalue weighted by atomic mass is 16.6. The fourth-order valence-electron chi connectivity index (χ4n) is 7.07. The number of benzene rings is 2. The van der Waals surface area contributed by atoms with Crippen LogP contribution in [0.1, 0.15) is 78.3 Å². The molecule has 0 spiro atoms. The first-order chi connectivity index (χ1) is 22.4. The van der Waals surface area contributed by atoms with Crippen molar-refractivity contribution in [2.45, 2.75) is 83.3 Å². The van der Waals surface area contributed by atoms with Gasteiger partial charge >= 0.3 is 5.97 Å². The Bertz CT molecular complexity index is 1690. The maximum absolute atomic E-state index is 13.3. The van der Waals surface area contributed by atoms with Gasteiger partial charge in [-0.1, -0.05) is 30.3 Å². The van der Waals surface area contributed by atoms with Crippen molar-refractivity contribution >= 4 is 29.5 Å². The summed E-state index contributed by atoms with van der Waals surface area (Å²) in [6.07, 6.45) is 2.04. The van der Waals surface area contributed by atoms with Crippen molar-refractivity contribution in [1.82, 2.24) is 19.7 Å². The summed E-state index contributed by atoms with van der Waals surface area (Å²) in [6, 6.07) is 18.3. The first kappa shape index (κ1) is 32.2. The number of likely N-dealkylation sites (tertiary alicyclic amines) is 1. The second-order valence-electron chi connectivity index (χ2n) is 13.7. The van der Waals surface area contributed by atoms with Crippen molar-refractivity contribution in [2.24, 2.45) is 5.73 Å². The van der Waals surface area contributed by atoms with Crippen molar-refractivity contribution in [3.8, 4) is 11.3 Å². The Balaban J connectivity index is 1.10. The van der Waals surface area contributed by atoms with Crippen LogP contribution in [0.15, 0.2) is 60.7 Å². The van der Waals surface area contributed by atoms with E-state index in [0.29, 0.717) is 23.6 Å². The molecule has 0 saturated carbocycles. The lowest BCUT2D eigenvalue weighted by Crippen LogP contribution is -2.55. The number of amides is 3. The molecule has 2 bridgehead atoms. The molecule has 4 N–H and O–H groups in total. The van der Waals surface area contributed by atoms with Crippen LogP contribution in [0.3, 0.4) is 0 Å². The molecule has 4 heterocycles. The summed E-state index contributed by atoms with van der Waals surface area (Å²) in [5, 5.41) is 0. The number of hydrogen-bond acceptors (Lipinski definition) is 8. The van der Waals surface area contributed by atoms with Crippen molar-refractivity contribution < 1.29 is 23.9 Å². The van der Waals surface area contributed by atoms with Crippen molar-refractivity contribution in [3.63, 3.8) is 0 Å². The van der Waals surface area contributed by atoms with Crippen LogP contribution in [0, 0.1) is 0 Å². The zero-order chi connectivity index (χ0) is 33.5. The van der Waals surface area contributed by atoms with Gasteiger partial charge in [0.25, 0.3) is 11.8 Å². The van der Waals surface area contributed by atoms with Crippen LogP contribution in [0.25, 0.3) is 11.3 Å². The van der Waals surface area contributed by atoms with Gasteiger partial charge < -0.3 is 26.0 Å². The predicted molar refractivity (Wildman–Crippen MR) is 177 cm³/mol. The Kier molecular flexibility index (Phi) is 8.76. The molecule has 2 saturated heterocycles. The minimum absolute atomic E-state index is 0.0331. The summed E-state index contributed by atoms with van der Waals surface area (Å²) < 4.78 is 5.36. The predicted octanol–water partition coefficient (Wildman–Crippen LogP) is 3.75. The highest BCUT2D eigenvalue weighted by Gasteiger charge is 2.43. The number of anilines is 1. The van der Waals surface area contributed by atoms with Gasteiger partial charge in [0.2, 0.25) is 5.91 Å². The summed E-state index contributed by atoms with van der Waals surface area (Å²) in [7, 11) is 0. The highest BCUT2D eigenvalue weighted by Crippen LogP contribution is 2.34. The zero-order valence-electron chi connectivity index (χ0n) is 27.1. The number of nitrogens with two attached hydrogens (primary N) is 2. The largest absolute Gasteiger partial charge is 0.460 e. The third kappa shape index (κ3) is 6.85. The number of pyridine rings is 1. The zero-order valence-corrected chi connectivity index (χ0v) is 27.1. The number of primary amides is 1. The lowest BCUT2D eigenvalue weighted by Gasteiger charge is -2.41. The normalized spacial score (nSPS) is 19.9. The molecule has 0 aliphatic carbocycles. The van der Waals surface area contributed by atoms with Crippen molar-refractivity contribution in [3.05, 3.63) is 82.9 Å². The van der Waals surface area contributed by atoms with E-state index in [9.17, 15) is 19.2 Å². The maximum Gasteiger partial charge on any atom is 0.306 e. The first-order valence-electron chi connectivity index (χ1n) is 16.2. The molecular formula is C36H42N6O5. The van der Waals surface area contributed by atoms with Gasteiger partial charge in [-0.15, -0.1) is 0 Å². The molecule has 2 fully saturated rings. The topological polar surface area (TPSA) is 152 Å². The van der Waals surface area contributed by atoms with E-state index >= 15 is 0 Å². The number of esters is 1. The van der Waals surface area contributed by atoms with Crippen molar-refractivity contribution in [1.29, 1.82) is 0 Å². The second kappa shape index (κ2) is 12.8. The van der Waals surface area contributed by atoms with Gasteiger partial charge in [0.05, 0.1) is 5.69 Å². The SMILES string of the molecule is CC(C)(C)OC(=O)CCC(C(N)=O)N1Cc2cc(-c3ccc(CN4C[C@H]5CC[C@@H](C4)N5C(=O)c4ccccc4)c(N)n3)ccc2C1=O. The van der Waals surface area contributed by atoms with Crippen LogP contribution in [0.4, 0.5) is 5.82 Å². The average molecular weight is 639 g/mol. The number of carbonyl (C=O) groups excluding carboxylic acids is 4. The fraction of sp³-hybridized carbons (Fsp3) is 0.417. The third-order valence-electron chi connectivity index (χ3n) is 9.20. The minimum Gasteiger partial charge on any atom is -0.460 e. The summed E-state index contributed by atoms with van der Waals surface area (Å²) in [5.74, 6) is -0.880. The van der Waals surface area contributed by atoms with E-state index in [0.717, 1.165) is 48.2 Å². The molecule has 1 unspecified atom stereocenters. The molecule has 246 valence electrons. The minimum atomic E-state index is -0.938. The number of ether oxygens (including phenoxy) is 1. The lowest BCUT2D eigenvalue weighted by atomic mass is 10.0. The molecule has 3 aromatic rings. The van der Waals surface area contributed by atoms with E-state index < -0.39 is 23.5 Å². The standard InChI is InChI=1S/C36H42N6O5/c1-36(2,3)47-31(43)16-15-30(33(38)44)41-19-25-17-23(9-13-28(25)35(41)46)29-14-10-24(32(37)39-29)18-40-20-26-11-12-27(21-40)42(26)34(45)22-7-5-4-6-8-22/h4-10,13-14,17,26-27,30H,11-12,15-16,18-21H2,1-3H3,(H2,37,39)(H2,38,44)/t26-,27+,30?. The average Bonchev–Trinajstić information content (AvgIpc) is 3.49. The van der Waals surface area contributed by atoms with E-state index in [4.69, 9.17) is 21.2 Å². The smallest absolute Gasteiger partial charge is 0.306 e. The Morgan fingerprint density at radius 3 is 2.34 bits per heavy atom. The van der Waals surface area contributed by atoms with Gasteiger partial charge in [-0.25, -0.2) is 4.98 Å². The van der Waals surface area contributed by atoms with E-state index in [2.05, 4.69) is 9.80 Å². The van der Waals surface area contributed by atoms with E-state index in [1.807, 2.05) is 54.6 Å². The molecule has 1 aromatic heterocycles. The monoisotopic (exact) mass is 638 g/mol. The Labute approximate surface area is 274 Å². The van der Waals surface area contributed by atoms with Gasteiger partial charge in [0, 0.05) is 66.9 Å². The first-order valence-corrected chi connectivity index (χ1v) is 16.2. The van der Waals surface area contributed by atoms with Crippen molar-refractivity contribution in [2.75, 3.05) is 18.8 Å². The molecule has 6 rings (SSSR count). The number of nitrogen functional groups attached to an aromatic ring is 1. The maximum atomic E-state index is 13.3. The number of hydrogen-bond donors (Lipinski definition) is 2. The molecule has 47 heavy (non-hydrogen) atoms. The van der Waals surface area contributed by atoms with Crippen LogP contribution >= 0.6 is 0 Å². The number of piperazine rings is 1. The van der Waals surface area contributed by atoms with E-state index in [-0.39, 0.29) is 43.3 Å². The molecule has 3 aliphatic rings. The van der Waals surface area contributed by atoms with Crippen LogP contribution < -0.4 is 11.5 Å². The summed E-state index contributed by atoms with van der Waals surface area (Å²) in [6.45, 7) is 7.72. The molecule has 3 atom stereocenters. The van der Waals surface area contributed by atoms with Gasteiger partial charge in [0.15, 0.2) is 0 Å². The number of nitrogens with zero attached hydrogens (tertiary/aromatic N) is 4. The molecule has 3 amide bonds. The van der Waals surface area contributed by atoms with Gasteiger partial charge in [-0.2, -0.15) is 0 Å². The van der Waals surface area contributed by atoms with Crippen LogP contribution in [0.2, 0.25) is 0 Å². The molecule has 2 aromatic carbocycles. The van der Waals surface area contributed by atoms with Crippen LogP contribution in [-0.2, 0) is 27.4 Å². The highest BCUT2D eigenvalue weighted by molar-refractivity contribution is 6.01. The van der Waals surface area contributed by atoms with E-state index in [1.54, 1.807) is 26.8 Å². The third-order valence-corrected chi connectivity index (χ3v) is 9.20. The molecule has 0 radical (unpaired) electrons. The Hall–Kier alpha value is -4.77. The number of fused-ring (bicyclic) bond motifs is 3. The van der Waals surface area contributed by atoms with E-state index in [1.165, 1.54) is 4.90 Å². The molecule has 3 aliphatic heterocycles. The number of carbonyl (C=O) groups is 4. The summed E-state index contributed by atoms with van der Waals surface area (Å²) in [4.78, 5) is 61.7. The fourth-order valence-corrected chi connectivity index (χ4v) is 7.07. The lowest BCUT2D eigenvalue weighted by molar-refractivity contribution is -0.155. The summed E-state index contributed by atoms with van der Waals surface area (Å²) >= 11 is 0. The van der Waals surface area contributed by atoms with Gasteiger partial charge in [-0.3, -0.25) is 24.1 Å². The molecule has 11 heteroatoms. The molecule has 11 nitrogen and oxygen atoms in total. The second-order valence-corrected chi connectivity index (χ2v) is 13.7. The molecular weight excluding hydrogens is 596 g/mol. The summed E-state index contributed by atoms with van der Waals surface area (Å²) in [5.41, 5.74) is 15.9.